The van der Waals surface area contributed by atoms with Crippen LogP contribution in [0.2, 0.25) is 0 Å². The number of aryl methyl sites for hydroxylation is 2. The van der Waals surface area contributed by atoms with Gasteiger partial charge in [0.25, 0.3) is 0 Å². The minimum Gasteiger partial charge on any atom is -0.497 e. The first-order valence-corrected chi connectivity index (χ1v) is 9.99. The largest absolute Gasteiger partial charge is 0.497 e. The number of nitrogens with one attached hydrogen (secondary N) is 1. The number of rotatable bonds is 9. The third kappa shape index (κ3) is 7.46. The number of aromatic nitrogens is 1. The molecule has 0 atom stereocenters. The van der Waals surface area contributed by atoms with Gasteiger partial charge in [-0.3, -0.25) is 4.99 Å². The molecule has 0 unspecified atom stereocenters. The fraction of sp³-hybridized carbons (Fsp3) is 0.500. The lowest BCUT2D eigenvalue weighted by Gasteiger charge is -2.23. The summed E-state index contributed by atoms with van der Waals surface area (Å²) in [5.41, 5.74) is 2.20. The molecular formula is C20H31IN4O2S. The van der Waals surface area contributed by atoms with Crippen LogP contribution in [-0.2, 0) is 13.0 Å². The second-order valence-corrected chi connectivity index (χ2v) is 7.29. The smallest absolute Gasteiger partial charge is 0.193 e. The van der Waals surface area contributed by atoms with Gasteiger partial charge < -0.3 is 19.7 Å². The summed E-state index contributed by atoms with van der Waals surface area (Å²) in [7, 11) is 7.16. The van der Waals surface area contributed by atoms with Crippen molar-refractivity contribution in [2.24, 2.45) is 4.99 Å². The van der Waals surface area contributed by atoms with Crippen LogP contribution in [0.4, 0.5) is 0 Å². The van der Waals surface area contributed by atoms with Crippen molar-refractivity contribution in [1.29, 1.82) is 0 Å². The summed E-state index contributed by atoms with van der Waals surface area (Å²) in [5.74, 6) is 2.48. The quantitative estimate of drug-likeness (QED) is 0.234. The van der Waals surface area contributed by atoms with Crippen molar-refractivity contribution >= 4 is 41.3 Å². The van der Waals surface area contributed by atoms with Gasteiger partial charge in [0.1, 0.15) is 11.5 Å². The minimum atomic E-state index is 0. The Bertz CT molecular complexity index is 752. The summed E-state index contributed by atoms with van der Waals surface area (Å²) in [6.07, 6.45) is 3.24. The van der Waals surface area contributed by atoms with Crippen molar-refractivity contribution in [3.8, 4) is 11.5 Å². The zero-order chi connectivity index (χ0) is 19.6. The van der Waals surface area contributed by atoms with Gasteiger partial charge in [-0.05, 0) is 38.3 Å². The number of hydrogen-bond acceptors (Lipinski definition) is 5. The standard InChI is InChI=1S/C20H30N4O2S.HI/c1-15-14-27-19(23-15)8-6-7-11-22-20(21-2)24(3)13-16-9-10-17(25-4)12-18(16)26-5;/h9-10,12,14H,6-8,11,13H2,1-5H3,(H,21,22);1H. The molecule has 1 aromatic carbocycles. The monoisotopic (exact) mass is 518 g/mol. The topological polar surface area (TPSA) is 59.0 Å². The lowest BCUT2D eigenvalue weighted by Crippen LogP contribution is -2.38. The molecule has 0 aliphatic rings. The molecule has 1 aromatic heterocycles. The molecule has 0 bridgehead atoms. The summed E-state index contributed by atoms with van der Waals surface area (Å²) < 4.78 is 10.7. The maximum absolute atomic E-state index is 5.49. The average molecular weight is 518 g/mol. The molecule has 1 heterocycles. The summed E-state index contributed by atoms with van der Waals surface area (Å²) in [4.78, 5) is 11.0. The van der Waals surface area contributed by atoms with Crippen molar-refractivity contribution in [2.45, 2.75) is 32.7 Å². The first-order chi connectivity index (χ1) is 13.1. The number of guanidine groups is 1. The molecule has 0 aliphatic heterocycles. The van der Waals surface area contributed by atoms with Gasteiger partial charge in [-0.1, -0.05) is 0 Å². The van der Waals surface area contributed by atoms with E-state index in [1.165, 1.54) is 5.01 Å². The number of nitrogens with zero attached hydrogens (tertiary/aromatic N) is 3. The van der Waals surface area contributed by atoms with Gasteiger partial charge in [-0.25, -0.2) is 4.98 Å². The zero-order valence-corrected chi connectivity index (χ0v) is 20.5. The molecule has 0 amide bonds. The molecule has 0 spiro atoms. The van der Waals surface area contributed by atoms with Crippen LogP contribution in [0, 0.1) is 6.92 Å². The third-order valence-electron chi connectivity index (χ3n) is 4.24. The molecular weight excluding hydrogens is 487 g/mol. The lowest BCUT2D eigenvalue weighted by atomic mass is 10.2. The highest BCUT2D eigenvalue weighted by atomic mass is 127. The van der Waals surface area contributed by atoms with E-state index in [0.717, 1.165) is 54.5 Å². The van der Waals surface area contributed by atoms with Crippen molar-refractivity contribution in [3.05, 3.63) is 39.8 Å². The maximum Gasteiger partial charge on any atom is 0.193 e. The van der Waals surface area contributed by atoms with Crippen LogP contribution in [0.25, 0.3) is 0 Å². The number of methoxy groups -OCH3 is 2. The first kappa shape index (κ1) is 24.5. The summed E-state index contributed by atoms with van der Waals surface area (Å²) in [6, 6.07) is 5.87. The zero-order valence-electron chi connectivity index (χ0n) is 17.3. The van der Waals surface area contributed by atoms with Gasteiger partial charge in [-0.15, -0.1) is 35.3 Å². The van der Waals surface area contributed by atoms with Gasteiger partial charge in [-0.2, -0.15) is 0 Å². The maximum atomic E-state index is 5.49. The summed E-state index contributed by atoms with van der Waals surface area (Å²) in [5, 5.41) is 6.77. The number of hydrogen-bond donors (Lipinski definition) is 1. The Balaban J connectivity index is 0.00000392. The average Bonchev–Trinajstić information content (AvgIpc) is 3.09. The minimum absolute atomic E-state index is 0. The van der Waals surface area contributed by atoms with E-state index in [4.69, 9.17) is 9.47 Å². The molecule has 0 saturated carbocycles. The van der Waals surface area contributed by atoms with Crippen molar-refractivity contribution < 1.29 is 9.47 Å². The highest BCUT2D eigenvalue weighted by Gasteiger charge is 2.11. The van der Waals surface area contributed by atoms with E-state index in [0.29, 0.717) is 6.54 Å². The number of halogens is 1. The number of benzene rings is 1. The molecule has 2 rings (SSSR count). The van der Waals surface area contributed by atoms with Gasteiger partial charge in [0, 0.05) is 49.9 Å². The third-order valence-corrected chi connectivity index (χ3v) is 5.27. The predicted molar refractivity (Wildman–Crippen MR) is 128 cm³/mol. The fourth-order valence-corrected chi connectivity index (χ4v) is 3.63. The highest BCUT2D eigenvalue weighted by Crippen LogP contribution is 2.25. The second kappa shape index (κ2) is 12.8. The molecule has 2 aromatic rings. The van der Waals surface area contributed by atoms with Crippen LogP contribution in [0.1, 0.15) is 29.1 Å². The van der Waals surface area contributed by atoms with Crippen molar-refractivity contribution in [3.63, 3.8) is 0 Å². The molecule has 8 heteroatoms. The molecule has 0 aliphatic carbocycles. The van der Waals surface area contributed by atoms with Crippen LogP contribution in [-0.4, -0.2) is 50.7 Å². The predicted octanol–water partition coefficient (Wildman–Crippen LogP) is 4.12. The molecule has 0 fully saturated rings. The van der Waals surface area contributed by atoms with Crippen LogP contribution in [0.15, 0.2) is 28.6 Å². The fourth-order valence-electron chi connectivity index (χ4n) is 2.82. The van der Waals surface area contributed by atoms with Crippen LogP contribution < -0.4 is 14.8 Å². The van der Waals surface area contributed by atoms with Gasteiger partial charge in [0.05, 0.1) is 19.2 Å². The Hall–Kier alpha value is -1.55. The van der Waals surface area contributed by atoms with Crippen LogP contribution in [0.3, 0.4) is 0 Å². The summed E-state index contributed by atoms with van der Waals surface area (Å²) >= 11 is 1.75. The Morgan fingerprint density at radius 1 is 1.25 bits per heavy atom. The van der Waals surface area contributed by atoms with Crippen molar-refractivity contribution in [2.75, 3.05) is 34.9 Å². The van der Waals surface area contributed by atoms with E-state index in [9.17, 15) is 0 Å². The Labute approximate surface area is 189 Å². The van der Waals surface area contributed by atoms with Gasteiger partial charge >= 0.3 is 0 Å². The van der Waals surface area contributed by atoms with E-state index >= 15 is 0 Å². The van der Waals surface area contributed by atoms with E-state index in [2.05, 4.69) is 25.6 Å². The van der Waals surface area contributed by atoms with Crippen molar-refractivity contribution in [1.82, 2.24) is 15.2 Å². The molecule has 0 saturated heterocycles. The normalized spacial score (nSPS) is 11.0. The van der Waals surface area contributed by atoms with E-state index < -0.39 is 0 Å². The number of thiazole rings is 1. The number of unbranched alkanes of at least 4 members (excludes halogenated alkanes) is 1. The molecule has 156 valence electrons. The molecule has 6 nitrogen and oxygen atoms in total. The number of aliphatic imine (C=N–C) groups is 1. The van der Waals surface area contributed by atoms with E-state index in [1.807, 2.05) is 39.2 Å². The number of ether oxygens (including phenoxy) is 2. The Morgan fingerprint density at radius 3 is 2.64 bits per heavy atom. The van der Waals surface area contributed by atoms with Crippen LogP contribution >= 0.6 is 35.3 Å². The lowest BCUT2D eigenvalue weighted by molar-refractivity contribution is 0.382. The Kier molecular flexibility index (Phi) is 11.2. The Morgan fingerprint density at radius 2 is 2.04 bits per heavy atom. The van der Waals surface area contributed by atoms with E-state index in [1.54, 1.807) is 25.6 Å². The van der Waals surface area contributed by atoms with Crippen LogP contribution in [0.5, 0.6) is 11.5 Å². The molecule has 28 heavy (non-hydrogen) atoms. The first-order valence-electron chi connectivity index (χ1n) is 9.11. The molecule has 0 radical (unpaired) electrons. The second-order valence-electron chi connectivity index (χ2n) is 6.35. The summed E-state index contributed by atoms with van der Waals surface area (Å²) in [6.45, 7) is 3.63. The van der Waals surface area contributed by atoms with Gasteiger partial charge in [0.2, 0.25) is 0 Å². The highest BCUT2D eigenvalue weighted by molar-refractivity contribution is 14.0. The van der Waals surface area contributed by atoms with E-state index in [-0.39, 0.29) is 24.0 Å². The SMILES string of the molecule is CN=C(NCCCCc1nc(C)cs1)N(C)Cc1ccc(OC)cc1OC.I. The van der Waals surface area contributed by atoms with Gasteiger partial charge in [0.15, 0.2) is 5.96 Å². The molecule has 1 N–H and O–H groups in total.